The normalized spacial score (nSPS) is 40.1. The van der Waals surface area contributed by atoms with E-state index in [0.29, 0.717) is 29.3 Å². The number of ether oxygens (including phenoxy) is 4. The van der Waals surface area contributed by atoms with Crippen LogP contribution in [-0.4, -0.2) is 63.2 Å². The Morgan fingerprint density at radius 3 is 2.65 bits per heavy atom. The van der Waals surface area contributed by atoms with Crippen molar-refractivity contribution in [1.29, 1.82) is 0 Å². The molecule has 4 bridgehead atoms. The molecule has 2 aromatic rings. The molecule has 0 N–H and O–H groups in total. The van der Waals surface area contributed by atoms with Crippen molar-refractivity contribution >= 4 is 23.2 Å². The molecule has 0 radical (unpaired) electrons. The summed E-state index contributed by atoms with van der Waals surface area (Å²) in [4.78, 5) is 0. The van der Waals surface area contributed by atoms with E-state index in [0.717, 1.165) is 48.7 Å². The van der Waals surface area contributed by atoms with Gasteiger partial charge in [0, 0.05) is 42.8 Å². The van der Waals surface area contributed by atoms with Crippen molar-refractivity contribution < 1.29 is 23.4 Å². The topological polar surface area (TPSA) is 36.9 Å². The molecule has 5 aliphatic carbocycles. The predicted octanol–water partition coefficient (Wildman–Crippen LogP) is 6.59. The molecule has 2 aromatic carbocycles. The fraction of sp³-hybridized carbons (Fsp3) is 0.636. The van der Waals surface area contributed by atoms with Gasteiger partial charge in [0.1, 0.15) is 11.7 Å². The number of rotatable bonds is 8. The van der Waals surface area contributed by atoms with E-state index in [1.165, 1.54) is 48.0 Å². The molecule has 2 heterocycles. The number of likely N-dealkylation sites (tertiary alicyclic amines) is 1. The van der Waals surface area contributed by atoms with Gasteiger partial charge in [-0.2, -0.15) is 0 Å². The summed E-state index contributed by atoms with van der Waals surface area (Å²) in [7, 11) is 6.25. The SMILES string of the molecule is COc1ccc2c3c1O[C@H]1[C@@]4(OC)CC[C@@]5(C[C@@H]4COCc4ccc(Cl)c(Cl)c4)C(C2)[N+](C)(CC2CC2)CC[C@]315. The summed E-state index contributed by atoms with van der Waals surface area (Å²) in [6.07, 6.45) is 8.41. The molecular weight excluding hydrogens is 545 g/mol. The number of piperidine rings is 1. The second-order valence-corrected chi connectivity index (χ2v) is 14.7. The van der Waals surface area contributed by atoms with E-state index in [4.69, 9.17) is 42.1 Å². The van der Waals surface area contributed by atoms with E-state index >= 15 is 0 Å². The third-order valence-corrected chi connectivity index (χ3v) is 13.0. The van der Waals surface area contributed by atoms with Gasteiger partial charge in [0.2, 0.25) is 0 Å². The number of methoxy groups -OCH3 is 2. The Bertz CT molecular complexity index is 1380. The molecule has 2 unspecified atom stereocenters. The highest BCUT2D eigenvalue weighted by molar-refractivity contribution is 6.42. The Labute approximate surface area is 247 Å². The number of halogens is 2. The van der Waals surface area contributed by atoms with Crippen LogP contribution in [0.3, 0.4) is 0 Å². The van der Waals surface area contributed by atoms with E-state index in [1.807, 2.05) is 25.3 Å². The van der Waals surface area contributed by atoms with Crippen LogP contribution in [-0.2, 0) is 27.9 Å². The van der Waals surface area contributed by atoms with Crippen molar-refractivity contribution in [3.05, 3.63) is 57.1 Å². The maximum absolute atomic E-state index is 7.16. The predicted molar refractivity (Wildman–Crippen MR) is 155 cm³/mol. The van der Waals surface area contributed by atoms with Gasteiger partial charge in [-0.05, 0) is 61.4 Å². The van der Waals surface area contributed by atoms with Gasteiger partial charge in [-0.25, -0.2) is 0 Å². The molecule has 7 aliphatic rings. The van der Waals surface area contributed by atoms with E-state index in [2.05, 4.69) is 19.2 Å². The highest BCUT2D eigenvalue weighted by Gasteiger charge is 2.83. The maximum Gasteiger partial charge on any atom is 0.165 e. The highest BCUT2D eigenvalue weighted by Crippen LogP contribution is 2.77. The van der Waals surface area contributed by atoms with Gasteiger partial charge in [0.05, 0.1) is 62.0 Å². The third-order valence-electron chi connectivity index (χ3n) is 12.3. The molecule has 5 nitrogen and oxygen atoms in total. The monoisotopic (exact) mass is 584 g/mol. The Kier molecular flexibility index (Phi) is 5.73. The fourth-order valence-electron chi connectivity index (χ4n) is 10.6. The van der Waals surface area contributed by atoms with Crippen molar-refractivity contribution in [2.75, 3.05) is 41.0 Å². The molecular formula is C33H40Cl2NO4+. The Hall–Kier alpha value is -1.50. The van der Waals surface area contributed by atoms with Crippen molar-refractivity contribution in [2.24, 2.45) is 17.3 Å². The molecule has 2 spiro atoms. The lowest BCUT2D eigenvalue weighted by atomic mass is 9.34. The van der Waals surface area contributed by atoms with Gasteiger partial charge in [0.15, 0.2) is 11.5 Å². The van der Waals surface area contributed by atoms with Gasteiger partial charge in [-0.3, -0.25) is 0 Å². The summed E-state index contributed by atoms with van der Waals surface area (Å²) in [5.41, 5.74) is 3.74. The highest BCUT2D eigenvalue weighted by atomic mass is 35.5. The van der Waals surface area contributed by atoms with E-state index in [-0.39, 0.29) is 28.5 Å². The molecule has 1 saturated heterocycles. The van der Waals surface area contributed by atoms with Gasteiger partial charge in [-0.15, -0.1) is 0 Å². The lowest BCUT2D eigenvalue weighted by molar-refractivity contribution is -0.952. The summed E-state index contributed by atoms with van der Waals surface area (Å²) in [5, 5.41) is 1.14. The third kappa shape index (κ3) is 3.22. The van der Waals surface area contributed by atoms with Crippen LogP contribution in [0.4, 0.5) is 0 Å². The van der Waals surface area contributed by atoms with Gasteiger partial charge >= 0.3 is 0 Å². The van der Waals surface area contributed by atoms with Crippen molar-refractivity contribution in [2.45, 2.75) is 74.7 Å². The summed E-state index contributed by atoms with van der Waals surface area (Å²) >= 11 is 12.4. The minimum absolute atomic E-state index is 0.0198. The molecule has 7 heteroatoms. The van der Waals surface area contributed by atoms with Crippen LogP contribution in [0, 0.1) is 17.3 Å². The zero-order valence-corrected chi connectivity index (χ0v) is 25.3. The second kappa shape index (κ2) is 8.76. The quantitative estimate of drug-likeness (QED) is 0.328. The number of quaternary nitrogens is 1. The number of benzene rings is 2. The van der Waals surface area contributed by atoms with Crippen LogP contribution in [0.1, 0.15) is 55.2 Å². The molecule has 40 heavy (non-hydrogen) atoms. The fourth-order valence-corrected chi connectivity index (χ4v) is 10.9. The molecule has 4 saturated carbocycles. The average Bonchev–Trinajstić information content (AvgIpc) is 3.68. The minimum atomic E-state index is -0.389. The van der Waals surface area contributed by atoms with E-state index < -0.39 is 0 Å². The first kappa shape index (κ1) is 26.2. The zero-order valence-electron chi connectivity index (χ0n) is 23.8. The van der Waals surface area contributed by atoms with Crippen LogP contribution in [0.5, 0.6) is 11.5 Å². The van der Waals surface area contributed by atoms with Crippen LogP contribution in [0.25, 0.3) is 0 Å². The Morgan fingerprint density at radius 2 is 1.90 bits per heavy atom. The molecule has 0 amide bonds. The zero-order chi connectivity index (χ0) is 27.5. The molecule has 9 rings (SSSR count). The van der Waals surface area contributed by atoms with Gasteiger partial charge in [0.25, 0.3) is 0 Å². The number of hydrogen-bond donors (Lipinski definition) is 0. The standard InChI is InChI=1S/C33H40Cl2NO4/c1-36(17-20-4-5-20)13-12-32-28-22-7-9-26(37-2)29(28)40-30(32)33(38-3)11-10-31(32,27(36)15-22)16-23(33)19-39-18-21-6-8-24(34)25(35)14-21/h6-9,14,20,23,27,30H,4-5,10-13,15-19H2,1-3H3/q+1/t23-,27?,30-,31-,32+,33-,36?/m1/s1. The van der Waals surface area contributed by atoms with Crippen LogP contribution >= 0.6 is 23.2 Å². The van der Waals surface area contributed by atoms with Gasteiger partial charge < -0.3 is 23.4 Å². The lowest BCUT2D eigenvalue weighted by Crippen LogP contribution is -2.83. The maximum atomic E-state index is 7.16. The number of hydrogen-bond acceptors (Lipinski definition) is 4. The Morgan fingerprint density at radius 1 is 1.05 bits per heavy atom. The van der Waals surface area contributed by atoms with Crippen molar-refractivity contribution in [1.82, 2.24) is 0 Å². The van der Waals surface area contributed by atoms with Gasteiger partial charge in [-0.1, -0.05) is 35.3 Å². The smallest absolute Gasteiger partial charge is 0.165 e. The number of likely N-dealkylation sites (N-methyl/N-ethyl adjacent to an activating group) is 1. The summed E-state index contributed by atoms with van der Waals surface area (Å²) in [5.74, 6) is 3.01. The summed E-state index contributed by atoms with van der Waals surface area (Å²) in [6.45, 7) is 3.69. The molecule has 5 fully saturated rings. The molecule has 2 aliphatic heterocycles. The number of nitrogens with zero attached hydrogens (tertiary/aromatic N) is 1. The minimum Gasteiger partial charge on any atom is -0.493 e. The molecule has 0 aromatic heterocycles. The van der Waals surface area contributed by atoms with Crippen LogP contribution in [0.15, 0.2) is 30.3 Å². The molecule has 214 valence electrons. The van der Waals surface area contributed by atoms with Crippen molar-refractivity contribution in [3.63, 3.8) is 0 Å². The van der Waals surface area contributed by atoms with E-state index in [9.17, 15) is 0 Å². The van der Waals surface area contributed by atoms with Crippen LogP contribution < -0.4 is 9.47 Å². The molecule has 7 atom stereocenters. The number of fused-ring (bicyclic) bond motifs is 2. The average molecular weight is 586 g/mol. The van der Waals surface area contributed by atoms with Crippen LogP contribution in [0.2, 0.25) is 10.0 Å². The lowest BCUT2D eigenvalue weighted by Gasteiger charge is -2.74. The largest absolute Gasteiger partial charge is 0.493 e. The second-order valence-electron chi connectivity index (χ2n) is 13.9. The summed E-state index contributed by atoms with van der Waals surface area (Å²) in [6, 6.07) is 10.8. The summed E-state index contributed by atoms with van der Waals surface area (Å²) < 4.78 is 27.4. The first-order valence-corrected chi connectivity index (χ1v) is 15.8. The first-order chi connectivity index (χ1) is 19.3. The van der Waals surface area contributed by atoms with E-state index in [1.54, 1.807) is 7.11 Å². The Balaban J connectivity index is 1.21. The van der Waals surface area contributed by atoms with Crippen molar-refractivity contribution in [3.8, 4) is 11.5 Å². The first-order valence-electron chi connectivity index (χ1n) is 15.1.